The quantitative estimate of drug-likeness (QED) is 0.649. The van der Waals surface area contributed by atoms with Crippen molar-refractivity contribution < 1.29 is 14.4 Å². The van der Waals surface area contributed by atoms with Crippen molar-refractivity contribution in [1.82, 2.24) is 15.1 Å². The number of nitrogens with zero attached hydrogens (tertiary/aromatic N) is 2. The Balaban J connectivity index is 1.45. The largest absolute Gasteiger partial charge is 0.352 e. The van der Waals surface area contributed by atoms with Gasteiger partial charge in [0.05, 0.1) is 11.1 Å². The van der Waals surface area contributed by atoms with Gasteiger partial charge in [-0.15, -0.1) is 0 Å². The van der Waals surface area contributed by atoms with Crippen LogP contribution in [0.25, 0.3) is 0 Å². The lowest BCUT2D eigenvalue weighted by Crippen LogP contribution is -2.32. The fraction of sp³-hybridized carbons (Fsp3) is 0.375. The summed E-state index contributed by atoms with van der Waals surface area (Å²) < 4.78 is 0. The summed E-state index contributed by atoms with van der Waals surface area (Å²) in [7, 11) is 2.07. The van der Waals surface area contributed by atoms with E-state index in [4.69, 9.17) is 0 Å². The van der Waals surface area contributed by atoms with E-state index in [1.54, 1.807) is 12.1 Å². The van der Waals surface area contributed by atoms with E-state index in [-0.39, 0.29) is 30.7 Å². The Morgan fingerprint density at radius 3 is 2.53 bits per heavy atom. The van der Waals surface area contributed by atoms with Gasteiger partial charge in [-0.3, -0.25) is 19.3 Å². The predicted octanol–water partition coefficient (Wildman–Crippen LogP) is 3.14. The van der Waals surface area contributed by atoms with Gasteiger partial charge in [0.25, 0.3) is 11.8 Å². The first kappa shape index (κ1) is 21.7. The number of carbonyl (C=O) groups excluding carboxylic acids is 3. The van der Waals surface area contributed by atoms with E-state index in [0.717, 1.165) is 24.2 Å². The molecule has 2 aromatic rings. The normalized spacial score (nSPS) is 13.1. The van der Waals surface area contributed by atoms with Crippen molar-refractivity contribution in [2.75, 3.05) is 20.1 Å². The van der Waals surface area contributed by atoms with Gasteiger partial charge in [0.2, 0.25) is 5.91 Å². The molecule has 0 aliphatic carbocycles. The molecule has 0 fully saturated rings. The van der Waals surface area contributed by atoms with Crippen molar-refractivity contribution in [2.45, 2.75) is 39.8 Å². The molecule has 158 valence electrons. The Morgan fingerprint density at radius 1 is 1.03 bits per heavy atom. The van der Waals surface area contributed by atoms with Gasteiger partial charge >= 0.3 is 0 Å². The molecule has 0 saturated carbocycles. The molecule has 30 heavy (non-hydrogen) atoms. The number of aryl methyl sites for hydroxylation is 1. The number of carbonyl (C=O) groups is 3. The summed E-state index contributed by atoms with van der Waals surface area (Å²) in [6.45, 7) is 6.58. The second-order valence-electron chi connectivity index (χ2n) is 7.84. The van der Waals surface area contributed by atoms with E-state index >= 15 is 0 Å². The summed E-state index contributed by atoms with van der Waals surface area (Å²) in [5.41, 5.74) is 4.12. The molecule has 3 amide bonds. The number of hydrogen-bond donors (Lipinski definition) is 1. The molecule has 6 heteroatoms. The standard InChI is InChI=1S/C24H29N3O3/c1-4-26(3)16-19-8-5-7-18(14-19)15-25-22(28)9-6-12-27-23(29)20-11-10-17(2)13-21(20)24(27)30/h5,7-8,10-11,13-14H,4,6,9,12,15-16H2,1-3H3,(H,25,28). The molecule has 0 atom stereocenters. The van der Waals surface area contributed by atoms with Crippen LogP contribution < -0.4 is 5.32 Å². The summed E-state index contributed by atoms with van der Waals surface area (Å²) in [6, 6.07) is 13.5. The number of rotatable bonds is 9. The van der Waals surface area contributed by atoms with E-state index in [1.807, 2.05) is 25.1 Å². The van der Waals surface area contributed by atoms with Gasteiger partial charge in [-0.1, -0.05) is 42.8 Å². The molecule has 1 aliphatic rings. The van der Waals surface area contributed by atoms with E-state index in [0.29, 0.717) is 24.1 Å². The molecule has 2 aromatic carbocycles. The highest BCUT2D eigenvalue weighted by atomic mass is 16.2. The summed E-state index contributed by atoms with van der Waals surface area (Å²) >= 11 is 0. The third kappa shape index (κ3) is 5.13. The fourth-order valence-corrected chi connectivity index (χ4v) is 3.56. The Morgan fingerprint density at radius 2 is 1.77 bits per heavy atom. The van der Waals surface area contributed by atoms with Gasteiger partial charge in [-0.25, -0.2) is 0 Å². The lowest BCUT2D eigenvalue weighted by atomic mass is 10.1. The smallest absolute Gasteiger partial charge is 0.261 e. The van der Waals surface area contributed by atoms with Crippen LogP contribution in [0.5, 0.6) is 0 Å². The van der Waals surface area contributed by atoms with Gasteiger partial charge in [0.15, 0.2) is 0 Å². The minimum Gasteiger partial charge on any atom is -0.352 e. The highest BCUT2D eigenvalue weighted by Gasteiger charge is 2.34. The molecule has 1 heterocycles. The minimum absolute atomic E-state index is 0.0847. The summed E-state index contributed by atoms with van der Waals surface area (Å²) in [5.74, 6) is -0.629. The molecule has 0 radical (unpaired) electrons. The number of imide groups is 1. The van der Waals surface area contributed by atoms with Crippen LogP contribution in [0.4, 0.5) is 0 Å². The Labute approximate surface area is 177 Å². The molecule has 0 saturated heterocycles. The molecule has 1 aliphatic heterocycles. The topological polar surface area (TPSA) is 69.7 Å². The van der Waals surface area contributed by atoms with Crippen molar-refractivity contribution in [3.8, 4) is 0 Å². The van der Waals surface area contributed by atoms with Crippen molar-refractivity contribution in [1.29, 1.82) is 0 Å². The maximum atomic E-state index is 12.5. The van der Waals surface area contributed by atoms with Crippen LogP contribution in [0.15, 0.2) is 42.5 Å². The van der Waals surface area contributed by atoms with Gasteiger partial charge in [0, 0.05) is 26.1 Å². The summed E-state index contributed by atoms with van der Waals surface area (Å²) in [4.78, 5) is 40.6. The van der Waals surface area contributed by atoms with Crippen molar-refractivity contribution >= 4 is 17.7 Å². The number of benzene rings is 2. The van der Waals surface area contributed by atoms with Crippen LogP contribution >= 0.6 is 0 Å². The van der Waals surface area contributed by atoms with Gasteiger partial charge in [-0.2, -0.15) is 0 Å². The number of hydrogen-bond acceptors (Lipinski definition) is 4. The van der Waals surface area contributed by atoms with Crippen molar-refractivity contribution in [2.24, 2.45) is 0 Å². The zero-order valence-corrected chi connectivity index (χ0v) is 17.9. The third-order valence-corrected chi connectivity index (χ3v) is 5.39. The van der Waals surface area contributed by atoms with Crippen LogP contribution in [0.3, 0.4) is 0 Å². The van der Waals surface area contributed by atoms with E-state index in [2.05, 4.69) is 36.3 Å². The first-order valence-corrected chi connectivity index (χ1v) is 10.4. The Kier molecular flexibility index (Phi) is 7.00. The zero-order valence-electron chi connectivity index (χ0n) is 17.9. The average molecular weight is 408 g/mol. The van der Waals surface area contributed by atoms with Gasteiger partial charge in [-0.05, 0) is 50.2 Å². The third-order valence-electron chi connectivity index (χ3n) is 5.39. The molecule has 6 nitrogen and oxygen atoms in total. The fourth-order valence-electron chi connectivity index (χ4n) is 3.56. The molecular formula is C24H29N3O3. The van der Waals surface area contributed by atoms with Crippen LogP contribution in [-0.2, 0) is 17.9 Å². The van der Waals surface area contributed by atoms with E-state index in [9.17, 15) is 14.4 Å². The van der Waals surface area contributed by atoms with Crippen LogP contribution in [-0.4, -0.2) is 47.7 Å². The summed E-state index contributed by atoms with van der Waals surface area (Å²) in [6.07, 6.45) is 0.711. The van der Waals surface area contributed by atoms with E-state index in [1.165, 1.54) is 10.5 Å². The Hall–Kier alpha value is -2.99. The average Bonchev–Trinajstić information content (AvgIpc) is 2.96. The molecule has 0 aromatic heterocycles. The van der Waals surface area contributed by atoms with Gasteiger partial charge in [0.1, 0.15) is 0 Å². The van der Waals surface area contributed by atoms with Gasteiger partial charge < -0.3 is 10.2 Å². The first-order chi connectivity index (χ1) is 14.4. The minimum atomic E-state index is -0.274. The first-order valence-electron chi connectivity index (χ1n) is 10.4. The second kappa shape index (κ2) is 9.67. The molecular weight excluding hydrogens is 378 g/mol. The van der Waals surface area contributed by atoms with Crippen LogP contribution in [0.2, 0.25) is 0 Å². The number of amides is 3. The molecule has 1 N–H and O–H groups in total. The lowest BCUT2D eigenvalue weighted by Gasteiger charge is -2.15. The number of fused-ring (bicyclic) bond motifs is 1. The van der Waals surface area contributed by atoms with Crippen LogP contribution in [0.1, 0.15) is 57.2 Å². The highest BCUT2D eigenvalue weighted by Crippen LogP contribution is 2.24. The maximum absolute atomic E-state index is 12.5. The summed E-state index contributed by atoms with van der Waals surface area (Å²) in [5, 5.41) is 2.92. The highest BCUT2D eigenvalue weighted by molar-refractivity contribution is 6.21. The lowest BCUT2D eigenvalue weighted by molar-refractivity contribution is -0.121. The zero-order chi connectivity index (χ0) is 21.7. The monoisotopic (exact) mass is 407 g/mol. The van der Waals surface area contributed by atoms with E-state index < -0.39 is 0 Å². The molecule has 3 rings (SSSR count). The second-order valence-corrected chi connectivity index (χ2v) is 7.84. The maximum Gasteiger partial charge on any atom is 0.261 e. The molecule has 0 bridgehead atoms. The van der Waals surface area contributed by atoms with Crippen molar-refractivity contribution in [3.63, 3.8) is 0 Å². The molecule has 0 unspecified atom stereocenters. The van der Waals surface area contributed by atoms with Crippen LogP contribution in [0, 0.1) is 6.92 Å². The molecule has 0 spiro atoms. The van der Waals surface area contributed by atoms with Crippen molar-refractivity contribution in [3.05, 3.63) is 70.3 Å². The predicted molar refractivity (Wildman–Crippen MR) is 116 cm³/mol. The number of nitrogens with one attached hydrogen (secondary N) is 1. The SMILES string of the molecule is CCN(C)Cc1cccc(CNC(=O)CCCN2C(=O)c3ccc(C)cc3C2=O)c1. The Bertz CT molecular complexity index is 954.